The lowest BCUT2D eigenvalue weighted by Crippen LogP contribution is -2.34. The minimum Gasteiger partial charge on any atom is -0.482 e. The second kappa shape index (κ2) is 3.31. The number of hydrogen-bond donors (Lipinski definition) is 1. The summed E-state index contributed by atoms with van der Waals surface area (Å²) in [5.41, 5.74) is 0. The molecule has 0 aromatic rings. The highest BCUT2D eigenvalue weighted by Gasteiger charge is 2.31. The van der Waals surface area contributed by atoms with Crippen LogP contribution in [0.15, 0.2) is 5.16 Å². The Balaban J connectivity index is 1.85. The van der Waals surface area contributed by atoms with Crippen LogP contribution in [0.4, 0.5) is 0 Å². The van der Waals surface area contributed by atoms with Crippen LogP contribution in [-0.2, 0) is 9.57 Å². The molecule has 68 valence electrons. The van der Waals surface area contributed by atoms with Gasteiger partial charge in [0.2, 0.25) is 5.90 Å². The number of rotatable bonds is 1. The summed E-state index contributed by atoms with van der Waals surface area (Å²) in [4.78, 5) is 5.24. The minimum atomic E-state index is 0.197. The minimum absolute atomic E-state index is 0.197. The third kappa shape index (κ3) is 1.39. The first-order valence-corrected chi connectivity index (χ1v) is 4.40. The van der Waals surface area contributed by atoms with Crippen molar-refractivity contribution in [2.75, 3.05) is 13.7 Å². The molecular weight excluding hydrogens is 156 g/mol. The molecule has 0 unspecified atom stereocenters. The largest absolute Gasteiger partial charge is 0.482 e. The summed E-state index contributed by atoms with van der Waals surface area (Å²) >= 11 is 0. The van der Waals surface area contributed by atoms with E-state index in [4.69, 9.17) is 9.57 Å². The van der Waals surface area contributed by atoms with Crippen LogP contribution in [0.1, 0.15) is 19.3 Å². The molecule has 0 aromatic heterocycles. The summed E-state index contributed by atoms with van der Waals surface area (Å²) in [6.07, 6.45) is 3.44. The van der Waals surface area contributed by atoms with Crippen molar-refractivity contribution in [1.82, 2.24) is 5.32 Å². The zero-order valence-electron chi connectivity index (χ0n) is 7.25. The maximum atomic E-state index is 5.24. The highest BCUT2D eigenvalue weighted by Crippen LogP contribution is 2.20. The molecule has 0 amide bonds. The molecule has 0 spiro atoms. The first kappa shape index (κ1) is 7.86. The Labute approximate surface area is 71.9 Å². The van der Waals surface area contributed by atoms with E-state index in [1.165, 1.54) is 12.8 Å². The molecule has 0 aliphatic carbocycles. The van der Waals surface area contributed by atoms with Crippen LogP contribution in [0, 0.1) is 0 Å². The highest BCUT2D eigenvalue weighted by molar-refractivity contribution is 5.77. The van der Waals surface area contributed by atoms with Gasteiger partial charge in [-0.1, -0.05) is 5.16 Å². The maximum Gasteiger partial charge on any atom is 0.229 e. The highest BCUT2D eigenvalue weighted by atomic mass is 16.7. The smallest absolute Gasteiger partial charge is 0.229 e. The second-order valence-corrected chi connectivity index (χ2v) is 3.24. The first-order valence-electron chi connectivity index (χ1n) is 4.40. The fourth-order valence-electron chi connectivity index (χ4n) is 1.74. The van der Waals surface area contributed by atoms with E-state index in [9.17, 15) is 0 Å². The predicted octanol–water partition coefficient (Wildman–Crippen LogP) is 0.487. The maximum absolute atomic E-state index is 5.24. The van der Waals surface area contributed by atoms with Crippen molar-refractivity contribution in [3.05, 3.63) is 0 Å². The molecule has 1 saturated heterocycles. The Bertz CT molecular complexity index is 187. The SMILES string of the molecule is COC1=NO[C@@H]([C@@H]2CCCN2)C1. The lowest BCUT2D eigenvalue weighted by Gasteiger charge is -2.15. The van der Waals surface area contributed by atoms with Crippen molar-refractivity contribution < 1.29 is 9.57 Å². The number of nitrogens with zero attached hydrogens (tertiary/aromatic N) is 1. The Morgan fingerprint density at radius 3 is 3.17 bits per heavy atom. The molecule has 2 atom stereocenters. The number of nitrogens with one attached hydrogen (secondary N) is 1. The first-order chi connectivity index (χ1) is 5.90. The van der Waals surface area contributed by atoms with Gasteiger partial charge >= 0.3 is 0 Å². The Morgan fingerprint density at radius 2 is 2.58 bits per heavy atom. The van der Waals surface area contributed by atoms with Crippen molar-refractivity contribution in [3.8, 4) is 0 Å². The van der Waals surface area contributed by atoms with E-state index < -0.39 is 0 Å². The van der Waals surface area contributed by atoms with E-state index in [0.717, 1.165) is 13.0 Å². The fourth-order valence-corrected chi connectivity index (χ4v) is 1.74. The molecule has 4 nitrogen and oxygen atoms in total. The third-order valence-corrected chi connectivity index (χ3v) is 2.45. The van der Waals surface area contributed by atoms with Crippen LogP contribution >= 0.6 is 0 Å². The molecule has 0 radical (unpaired) electrons. The summed E-state index contributed by atoms with van der Waals surface area (Å²) in [7, 11) is 1.63. The van der Waals surface area contributed by atoms with Gasteiger partial charge in [0.15, 0.2) is 6.10 Å². The lowest BCUT2D eigenvalue weighted by atomic mass is 10.1. The normalized spacial score (nSPS) is 34.6. The van der Waals surface area contributed by atoms with E-state index in [1.807, 2.05) is 0 Å². The van der Waals surface area contributed by atoms with Gasteiger partial charge in [-0.05, 0) is 19.4 Å². The quantitative estimate of drug-likeness (QED) is 0.622. The van der Waals surface area contributed by atoms with Gasteiger partial charge in [-0.15, -0.1) is 0 Å². The van der Waals surface area contributed by atoms with E-state index >= 15 is 0 Å². The predicted molar refractivity (Wildman–Crippen MR) is 45.0 cm³/mol. The van der Waals surface area contributed by atoms with Crippen LogP contribution in [0.5, 0.6) is 0 Å². The van der Waals surface area contributed by atoms with Crippen LogP contribution < -0.4 is 5.32 Å². The average Bonchev–Trinajstić information content (AvgIpc) is 2.75. The van der Waals surface area contributed by atoms with Gasteiger partial charge in [-0.25, -0.2) is 0 Å². The fraction of sp³-hybridized carbons (Fsp3) is 0.875. The zero-order valence-corrected chi connectivity index (χ0v) is 7.25. The van der Waals surface area contributed by atoms with Gasteiger partial charge in [0, 0.05) is 6.04 Å². The Morgan fingerprint density at radius 1 is 1.67 bits per heavy atom. The molecule has 1 fully saturated rings. The van der Waals surface area contributed by atoms with Crippen LogP contribution in [0.3, 0.4) is 0 Å². The van der Waals surface area contributed by atoms with E-state index in [1.54, 1.807) is 7.11 Å². The van der Waals surface area contributed by atoms with Gasteiger partial charge in [0.05, 0.1) is 13.5 Å². The van der Waals surface area contributed by atoms with Crippen molar-refractivity contribution in [3.63, 3.8) is 0 Å². The van der Waals surface area contributed by atoms with Crippen molar-refractivity contribution >= 4 is 5.90 Å². The molecule has 0 saturated carbocycles. The molecule has 0 aromatic carbocycles. The molecule has 4 heteroatoms. The van der Waals surface area contributed by atoms with Crippen LogP contribution in [-0.4, -0.2) is 31.7 Å². The van der Waals surface area contributed by atoms with Crippen molar-refractivity contribution in [2.24, 2.45) is 5.16 Å². The number of oxime groups is 1. The zero-order chi connectivity index (χ0) is 8.39. The van der Waals surface area contributed by atoms with Gasteiger partial charge in [0.1, 0.15) is 0 Å². The lowest BCUT2D eigenvalue weighted by molar-refractivity contribution is 0.0604. The van der Waals surface area contributed by atoms with Crippen LogP contribution in [0.2, 0.25) is 0 Å². The van der Waals surface area contributed by atoms with Crippen LogP contribution in [0.25, 0.3) is 0 Å². The summed E-state index contributed by atoms with van der Waals surface area (Å²) in [5, 5.41) is 7.22. The summed E-state index contributed by atoms with van der Waals surface area (Å²) < 4.78 is 5.00. The standard InChI is InChI=1S/C8H14N2O2/c1-11-8-5-7(12-10-8)6-3-2-4-9-6/h6-7,9H,2-5H2,1H3/t6-,7+/m0/s1. The van der Waals surface area contributed by atoms with Gasteiger partial charge in [-0.3, -0.25) is 0 Å². The van der Waals surface area contributed by atoms with Gasteiger partial charge in [-0.2, -0.15) is 0 Å². The summed E-state index contributed by atoms with van der Waals surface area (Å²) in [6.45, 7) is 1.10. The molecule has 2 heterocycles. The van der Waals surface area contributed by atoms with Gasteiger partial charge in [0.25, 0.3) is 0 Å². The average molecular weight is 170 g/mol. The molecule has 0 bridgehead atoms. The molecule has 1 N–H and O–H groups in total. The van der Waals surface area contributed by atoms with Gasteiger partial charge < -0.3 is 14.9 Å². The molecule has 2 rings (SSSR count). The topological polar surface area (TPSA) is 42.9 Å². The van der Waals surface area contributed by atoms with E-state index in [0.29, 0.717) is 11.9 Å². The molecular formula is C8H14N2O2. The molecule has 2 aliphatic heterocycles. The molecule has 12 heavy (non-hydrogen) atoms. The summed E-state index contributed by atoms with van der Waals surface area (Å²) in [5.74, 6) is 0.716. The number of hydrogen-bond acceptors (Lipinski definition) is 4. The third-order valence-electron chi connectivity index (χ3n) is 2.45. The molecule has 2 aliphatic rings. The number of ether oxygens (including phenoxy) is 1. The van der Waals surface area contributed by atoms with E-state index in [-0.39, 0.29) is 6.10 Å². The van der Waals surface area contributed by atoms with E-state index in [2.05, 4.69) is 10.5 Å². The van der Waals surface area contributed by atoms with Crippen molar-refractivity contribution in [1.29, 1.82) is 0 Å². The summed E-state index contributed by atoms with van der Waals surface area (Å²) in [6, 6.07) is 0.474. The second-order valence-electron chi connectivity index (χ2n) is 3.24. The van der Waals surface area contributed by atoms with Crippen molar-refractivity contribution in [2.45, 2.75) is 31.4 Å². The monoisotopic (exact) mass is 170 g/mol. The Kier molecular flexibility index (Phi) is 2.17. The Hall–Kier alpha value is -0.770. The number of methoxy groups -OCH3 is 1.